The number of nitrogen functional groups attached to an aromatic ring is 1. The van der Waals surface area contributed by atoms with Crippen molar-refractivity contribution in [1.82, 2.24) is 4.72 Å². The fourth-order valence-corrected chi connectivity index (χ4v) is 4.17. The second-order valence-electron chi connectivity index (χ2n) is 5.61. The molecule has 0 radical (unpaired) electrons. The Labute approximate surface area is 129 Å². The molecule has 1 saturated carbocycles. The molecule has 1 aliphatic rings. The summed E-state index contributed by atoms with van der Waals surface area (Å²) in [6, 6.07) is 4.77. The molecule has 0 saturated heterocycles. The van der Waals surface area contributed by atoms with Crippen LogP contribution in [0.5, 0.6) is 0 Å². The van der Waals surface area contributed by atoms with Gasteiger partial charge in [-0.1, -0.05) is 19.8 Å². The Morgan fingerprint density at radius 2 is 2.00 bits per heavy atom. The number of benzene rings is 1. The van der Waals surface area contributed by atoms with Gasteiger partial charge in [-0.25, -0.2) is 13.1 Å². The largest absolute Gasteiger partial charge is 0.398 e. The second-order valence-corrected chi connectivity index (χ2v) is 8.18. The van der Waals surface area contributed by atoms with Gasteiger partial charge in [-0.3, -0.25) is 0 Å². The molecule has 20 heavy (non-hydrogen) atoms. The van der Waals surface area contributed by atoms with Crippen LogP contribution in [-0.4, -0.2) is 14.5 Å². The lowest BCUT2D eigenvalue weighted by molar-refractivity contribution is 0.484. The molecular weight excluding hydrogens is 340 g/mol. The molecule has 2 unspecified atom stereocenters. The number of nitrogens with one attached hydrogen (secondary N) is 1. The Morgan fingerprint density at radius 1 is 1.25 bits per heavy atom. The molecule has 3 N–H and O–H groups in total. The fraction of sp³-hybridized carbons (Fsp3) is 0.571. The molecule has 1 aromatic carbocycles. The van der Waals surface area contributed by atoms with E-state index >= 15 is 0 Å². The van der Waals surface area contributed by atoms with E-state index in [1.807, 2.05) is 0 Å². The molecule has 6 heteroatoms. The monoisotopic (exact) mass is 360 g/mol. The first-order valence-electron chi connectivity index (χ1n) is 6.96. The van der Waals surface area contributed by atoms with Crippen LogP contribution in [-0.2, 0) is 10.0 Å². The Balaban J connectivity index is 2.12. The van der Waals surface area contributed by atoms with E-state index in [0.29, 0.717) is 16.1 Å². The van der Waals surface area contributed by atoms with E-state index in [2.05, 4.69) is 27.6 Å². The zero-order valence-corrected chi connectivity index (χ0v) is 14.0. The van der Waals surface area contributed by atoms with Crippen molar-refractivity contribution in [3.8, 4) is 0 Å². The third-order valence-corrected chi connectivity index (χ3v) is 6.10. The van der Waals surface area contributed by atoms with Gasteiger partial charge in [0.1, 0.15) is 0 Å². The molecular formula is C14H21BrN2O2S. The van der Waals surface area contributed by atoms with Gasteiger partial charge in [0.05, 0.1) is 4.90 Å². The molecule has 112 valence electrons. The van der Waals surface area contributed by atoms with E-state index in [1.54, 1.807) is 12.1 Å². The summed E-state index contributed by atoms with van der Waals surface area (Å²) in [5.41, 5.74) is 6.19. The summed E-state index contributed by atoms with van der Waals surface area (Å²) in [7, 11) is -3.48. The predicted octanol–water partition coefficient (Wildman–Crippen LogP) is 3.28. The van der Waals surface area contributed by atoms with Crippen LogP contribution >= 0.6 is 15.9 Å². The topological polar surface area (TPSA) is 72.2 Å². The van der Waals surface area contributed by atoms with Gasteiger partial charge in [-0.2, -0.15) is 0 Å². The smallest absolute Gasteiger partial charge is 0.240 e. The normalized spacial score (nSPS) is 24.3. The third-order valence-electron chi connectivity index (χ3n) is 3.86. The minimum Gasteiger partial charge on any atom is -0.398 e. The van der Waals surface area contributed by atoms with Crippen LogP contribution < -0.4 is 10.5 Å². The maximum atomic E-state index is 12.4. The first kappa shape index (κ1) is 15.8. The van der Waals surface area contributed by atoms with Crippen LogP contribution in [0.4, 0.5) is 5.69 Å². The van der Waals surface area contributed by atoms with E-state index in [-0.39, 0.29) is 10.9 Å². The molecule has 1 aliphatic carbocycles. The van der Waals surface area contributed by atoms with Gasteiger partial charge < -0.3 is 5.73 Å². The van der Waals surface area contributed by atoms with Crippen molar-refractivity contribution in [3.63, 3.8) is 0 Å². The Hall–Kier alpha value is -0.590. The summed E-state index contributed by atoms with van der Waals surface area (Å²) in [6.07, 6.45) is 5.16. The van der Waals surface area contributed by atoms with Crippen LogP contribution in [0.3, 0.4) is 0 Å². The lowest BCUT2D eigenvalue weighted by atomic mass is 10.0. The summed E-state index contributed by atoms with van der Waals surface area (Å²) in [6.45, 7) is 2.23. The van der Waals surface area contributed by atoms with E-state index in [1.165, 1.54) is 12.5 Å². The fourth-order valence-electron chi connectivity index (χ4n) is 2.58. The molecule has 0 bridgehead atoms. The first-order valence-corrected chi connectivity index (χ1v) is 9.23. The molecule has 0 aliphatic heterocycles. The van der Waals surface area contributed by atoms with Gasteiger partial charge in [0, 0.05) is 16.2 Å². The second kappa shape index (κ2) is 6.45. The van der Waals surface area contributed by atoms with Crippen molar-refractivity contribution in [1.29, 1.82) is 0 Å². The zero-order valence-electron chi connectivity index (χ0n) is 11.6. The molecule has 0 amide bonds. The first-order chi connectivity index (χ1) is 9.38. The van der Waals surface area contributed by atoms with Crippen LogP contribution in [0.25, 0.3) is 0 Å². The van der Waals surface area contributed by atoms with Crippen molar-refractivity contribution < 1.29 is 8.42 Å². The number of hydrogen-bond donors (Lipinski definition) is 2. The van der Waals surface area contributed by atoms with Gasteiger partial charge >= 0.3 is 0 Å². The minimum absolute atomic E-state index is 0.0369. The molecule has 1 fully saturated rings. The van der Waals surface area contributed by atoms with Crippen molar-refractivity contribution >= 4 is 31.6 Å². The van der Waals surface area contributed by atoms with Gasteiger partial charge in [-0.15, -0.1) is 0 Å². The Kier molecular flexibility index (Phi) is 5.09. The lowest BCUT2D eigenvalue weighted by Crippen LogP contribution is -2.34. The van der Waals surface area contributed by atoms with E-state index in [0.717, 1.165) is 25.7 Å². The predicted molar refractivity (Wildman–Crippen MR) is 84.9 cm³/mol. The van der Waals surface area contributed by atoms with Crippen LogP contribution in [0.15, 0.2) is 27.6 Å². The minimum atomic E-state index is -3.48. The summed E-state index contributed by atoms with van der Waals surface area (Å²) in [5, 5.41) is 0. The maximum absolute atomic E-state index is 12.4. The Morgan fingerprint density at radius 3 is 2.70 bits per heavy atom. The quantitative estimate of drug-likeness (QED) is 0.641. The molecule has 2 atom stereocenters. The van der Waals surface area contributed by atoms with Gasteiger partial charge in [-0.05, 0) is 59.3 Å². The lowest BCUT2D eigenvalue weighted by Gasteiger charge is -2.17. The van der Waals surface area contributed by atoms with Crippen molar-refractivity contribution in [2.45, 2.75) is 50.0 Å². The molecule has 2 rings (SSSR count). The van der Waals surface area contributed by atoms with E-state index < -0.39 is 10.0 Å². The summed E-state index contributed by atoms with van der Waals surface area (Å²) in [5.74, 6) is 0.688. The van der Waals surface area contributed by atoms with Gasteiger partial charge in [0.15, 0.2) is 0 Å². The van der Waals surface area contributed by atoms with Crippen molar-refractivity contribution in [2.75, 3.05) is 5.73 Å². The highest BCUT2D eigenvalue weighted by Gasteiger charge is 2.23. The standard InChI is InChI=1S/C14H21BrN2O2S/c1-10-3-2-4-11(6-5-10)17-20(18,19)12-7-8-13(15)14(16)9-12/h7-11,17H,2-6,16H2,1H3. The Bertz CT molecular complexity index is 575. The number of hydrogen-bond acceptors (Lipinski definition) is 3. The van der Waals surface area contributed by atoms with Gasteiger partial charge in [0.2, 0.25) is 10.0 Å². The molecule has 0 spiro atoms. The molecule has 0 heterocycles. The highest BCUT2D eigenvalue weighted by molar-refractivity contribution is 9.10. The van der Waals surface area contributed by atoms with E-state index in [9.17, 15) is 8.42 Å². The van der Waals surface area contributed by atoms with Crippen molar-refractivity contribution in [3.05, 3.63) is 22.7 Å². The van der Waals surface area contributed by atoms with Crippen LogP contribution in [0.2, 0.25) is 0 Å². The summed E-state index contributed by atoms with van der Waals surface area (Å²) in [4.78, 5) is 0.232. The van der Waals surface area contributed by atoms with E-state index in [4.69, 9.17) is 5.73 Å². The van der Waals surface area contributed by atoms with Crippen molar-refractivity contribution in [2.24, 2.45) is 5.92 Å². The average Bonchev–Trinajstić information content (AvgIpc) is 2.57. The van der Waals surface area contributed by atoms with Crippen LogP contribution in [0, 0.1) is 5.92 Å². The summed E-state index contributed by atoms with van der Waals surface area (Å²) < 4.78 is 28.3. The molecule has 0 aromatic heterocycles. The number of halogens is 1. The number of anilines is 1. The zero-order chi connectivity index (χ0) is 14.8. The van der Waals surface area contributed by atoms with Gasteiger partial charge in [0.25, 0.3) is 0 Å². The molecule has 1 aromatic rings. The highest BCUT2D eigenvalue weighted by Crippen LogP contribution is 2.26. The number of sulfonamides is 1. The number of rotatable bonds is 3. The van der Waals surface area contributed by atoms with Crippen LogP contribution in [0.1, 0.15) is 39.0 Å². The SMILES string of the molecule is CC1CCCC(NS(=O)(=O)c2ccc(Br)c(N)c2)CC1. The number of nitrogens with two attached hydrogens (primary N) is 1. The summed E-state index contributed by atoms with van der Waals surface area (Å²) >= 11 is 3.27. The maximum Gasteiger partial charge on any atom is 0.240 e. The molecule has 4 nitrogen and oxygen atoms in total. The highest BCUT2D eigenvalue weighted by atomic mass is 79.9. The average molecular weight is 361 g/mol. The third kappa shape index (κ3) is 3.96.